The van der Waals surface area contributed by atoms with Crippen LogP contribution in [0.15, 0.2) is 35.9 Å². The smallest absolute Gasteiger partial charge is 0.345 e. The van der Waals surface area contributed by atoms with Crippen molar-refractivity contribution >= 4 is 22.9 Å². The first kappa shape index (κ1) is 17.5. The maximum atomic E-state index is 11.5. The van der Waals surface area contributed by atoms with Gasteiger partial charge in [0, 0.05) is 24.5 Å². The quantitative estimate of drug-likeness (QED) is 0.870. The number of hydrogen-bond acceptors (Lipinski definition) is 4. The predicted octanol–water partition coefficient (Wildman–Crippen LogP) is 3.43. The minimum absolute atomic E-state index is 0.200. The molecule has 0 atom stereocenters. The van der Waals surface area contributed by atoms with Crippen LogP contribution in [0.5, 0.6) is 0 Å². The number of β-amino-alcohol motifs (C(OH)–C–C–N with tert-alkyl or cyclic N) is 1. The van der Waals surface area contributed by atoms with Gasteiger partial charge in [0.25, 0.3) is 0 Å². The van der Waals surface area contributed by atoms with Gasteiger partial charge in [-0.05, 0) is 54.0 Å². The van der Waals surface area contributed by atoms with Crippen molar-refractivity contribution in [3.63, 3.8) is 0 Å². The number of hydrogen-bond donors (Lipinski definition) is 2. The van der Waals surface area contributed by atoms with Crippen molar-refractivity contribution in [1.82, 2.24) is 4.90 Å². The number of aliphatic hydroxyl groups is 1. The van der Waals surface area contributed by atoms with E-state index >= 15 is 0 Å². The third-order valence-corrected chi connectivity index (χ3v) is 6.61. The Morgan fingerprint density at radius 2 is 1.85 bits per heavy atom. The molecule has 1 aromatic carbocycles. The molecule has 1 aliphatic carbocycles. The molecule has 0 saturated carbocycles. The average molecular weight is 369 g/mol. The van der Waals surface area contributed by atoms with Gasteiger partial charge in [-0.15, -0.1) is 11.3 Å². The topological polar surface area (TPSA) is 60.8 Å². The predicted molar refractivity (Wildman–Crippen MR) is 104 cm³/mol. The van der Waals surface area contributed by atoms with Gasteiger partial charge in [0.1, 0.15) is 4.88 Å². The highest BCUT2D eigenvalue weighted by atomic mass is 32.1. The van der Waals surface area contributed by atoms with E-state index < -0.39 is 5.97 Å². The number of aromatic carboxylic acids is 1. The van der Waals surface area contributed by atoms with Crippen LogP contribution in [0.1, 0.15) is 44.1 Å². The molecule has 1 aromatic heterocycles. The van der Waals surface area contributed by atoms with Gasteiger partial charge < -0.3 is 15.1 Å². The zero-order chi connectivity index (χ0) is 18.1. The normalized spacial score (nSPS) is 17.6. The fourth-order valence-corrected chi connectivity index (χ4v) is 5.13. The molecule has 2 aromatic rings. The number of rotatable bonds is 3. The molecule has 0 spiro atoms. The lowest BCUT2D eigenvalue weighted by Crippen LogP contribution is -2.33. The molecule has 2 N–H and O–H groups in total. The van der Waals surface area contributed by atoms with Crippen LogP contribution in [0.4, 0.5) is 0 Å². The second-order valence-electron chi connectivity index (χ2n) is 6.95. The standard InChI is InChI=1S/C21H23NO3S/c23-12-11-22-9-7-15(8-10-22)20-16-4-2-1-3-14(16)5-6-18-17(20)13-19(26-18)21(24)25/h1-4,13,23H,5-12H2,(H,24,25). The Kier molecular flexibility index (Phi) is 4.94. The van der Waals surface area contributed by atoms with Crippen LogP contribution in [0.2, 0.25) is 0 Å². The van der Waals surface area contributed by atoms with E-state index in [1.54, 1.807) is 0 Å². The number of aryl methyl sites for hydroxylation is 2. The first-order valence-electron chi connectivity index (χ1n) is 9.17. The Bertz CT molecular complexity index is 858. The molecule has 0 radical (unpaired) electrons. The number of nitrogens with zero attached hydrogens (tertiary/aromatic N) is 1. The SMILES string of the molecule is O=C(O)c1cc2c(s1)CCc1ccccc1C2=C1CCN(CCO)CC1. The Hall–Kier alpha value is -1.95. The van der Waals surface area contributed by atoms with E-state index in [1.807, 2.05) is 6.07 Å². The van der Waals surface area contributed by atoms with Gasteiger partial charge in [-0.3, -0.25) is 0 Å². The molecule has 4 rings (SSSR count). The van der Waals surface area contributed by atoms with E-state index in [0.29, 0.717) is 4.88 Å². The maximum Gasteiger partial charge on any atom is 0.345 e. The summed E-state index contributed by atoms with van der Waals surface area (Å²) in [5.74, 6) is -0.835. The van der Waals surface area contributed by atoms with Gasteiger partial charge in [0.2, 0.25) is 0 Å². The summed E-state index contributed by atoms with van der Waals surface area (Å²) in [6.45, 7) is 2.83. The number of aliphatic hydroxyl groups excluding tert-OH is 1. The zero-order valence-corrected chi connectivity index (χ0v) is 15.5. The van der Waals surface area contributed by atoms with E-state index in [-0.39, 0.29) is 6.61 Å². The summed E-state index contributed by atoms with van der Waals surface area (Å²) in [5.41, 5.74) is 6.44. The van der Waals surface area contributed by atoms with Gasteiger partial charge in [0.15, 0.2) is 0 Å². The molecule has 0 unspecified atom stereocenters. The van der Waals surface area contributed by atoms with Crippen molar-refractivity contribution in [3.8, 4) is 0 Å². The van der Waals surface area contributed by atoms with Crippen molar-refractivity contribution in [2.75, 3.05) is 26.2 Å². The summed E-state index contributed by atoms with van der Waals surface area (Å²) >= 11 is 1.43. The molecule has 26 heavy (non-hydrogen) atoms. The van der Waals surface area contributed by atoms with E-state index in [9.17, 15) is 15.0 Å². The average Bonchev–Trinajstić information content (AvgIpc) is 3.01. The van der Waals surface area contributed by atoms with Crippen molar-refractivity contribution < 1.29 is 15.0 Å². The molecule has 1 fully saturated rings. The molecule has 1 saturated heterocycles. The monoisotopic (exact) mass is 369 g/mol. The number of fused-ring (bicyclic) bond motifs is 2. The minimum atomic E-state index is -0.835. The largest absolute Gasteiger partial charge is 0.477 e. The number of carboxylic acids is 1. The number of carboxylic acid groups (broad SMARTS) is 1. The minimum Gasteiger partial charge on any atom is -0.477 e. The highest BCUT2D eigenvalue weighted by Crippen LogP contribution is 2.41. The lowest BCUT2D eigenvalue weighted by Gasteiger charge is -2.29. The summed E-state index contributed by atoms with van der Waals surface area (Å²) in [6, 6.07) is 10.4. The van der Waals surface area contributed by atoms with Crippen LogP contribution >= 0.6 is 11.3 Å². The molecular formula is C21H23NO3S. The summed E-state index contributed by atoms with van der Waals surface area (Å²) < 4.78 is 0. The lowest BCUT2D eigenvalue weighted by molar-refractivity contribution is 0.0702. The van der Waals surface area contributed by atoms with Gasteiger partial charge >= 0.3 is 5.97 Å². The van der Waals surface area contributed by atoms with Crippen LogP contribution in [-0.2, 0) is 12.8 Å². The maximum absolute atomic E-state index is 11.5. The van der Waals surface area contributed by atoms with Gasteiger partial charge in [-0.1, -0.05) is 29.8 Å². The summed E-state index contributed by atoms with van der Waals surface area (Å²) in [5, 5.41) is 18.6. The molecule has 1 aliphatic heterocycles. The molecule has 2 aliphatic rings. The van der Waals surface area contributed by atoms with Crippen LogP contribution in [0.25, 0.3) is 5.57 Å². The van der Waals surface area contributed by atoms with Crippen molar-refractivity contribution in [1.29, 1.82) is 0 Å². The molecule has 136 valence electrons. The number of likely N-dealkylation sites (tertiary alicyclic amines) is 1. The number of piperidine rings is 1. The zero-order valence-electron chi connectivity index (χ0n) is 14.7. The molecule has 0 bridgehead atoms. The Morgan fingerprint density at radius 3 is 2.58 bits per heavy atom. The molecule has 2 heterocycles. The number of thiophene rings is 1. The Balaban J connectivity index is 1.82. The van der Waals surface area contributed by atoms with Crippen LogP contribution in [-0.4, -0.2) is 47.3 Å². The fourth-order valence-electron chi connectivity index (χ4n) is 4.13. The van der Waals surface area contributed by atoms with Gasteiger partial charge in [0.05, 0.1) is 6.61 Å². The van der Waals surface area contributed by atoms with E-state index in [2.05, 4.69) is 29.2 Å². The molecule has 0 amide bonds. The first-order valence-corrected chi connectivity index (χ1v) is 9.99. The highest BCUT2D eigenvalue weighted by molar-refractivity contribution is 7.14. The first-order chi connectivity index (χ1) is 12.7. The number of benzene rings is 1. The van der Waals surface area contributed by atoms with Crippen LogP contribution in [0.3, 0.4) is 0 Å². The summed E-state index contributed by atoms with van der Waals surface area (Å²) in [4.78, 5) is 15.4. The number of carbonyl (C=O) groups is 1. The van der Waals surface area contributed by atoms with Crippen molar-refractivity contribution in [2.45, 2.75) is 25.7 Å². The Morgan fingerprint density at radius 1 is 1.08 bits per heavy atom. The van der Waals surface area contributed by atoms with Crippen LogP contribution < -0.4 is 0 Å². The molecule has 4 nitrogen and oxygen atoms in total. The third-order valence-electron chi connectivity index (χ3n) is 5.43. The van der Waals surface area contributed by atoms with E-state index in [4.69, 9.17) is 0 Å². The second kappa shape index (κ2) is 7.35. The molecule has 5 heteroatoms. The summed E-state index contributed by atoms with van der Waals surface area (Å²) in [7, 11) is 0. The Labute approximate surface area is 157 Å². The fraction of sp³-hybridized carbons (Fsp3) is 0.381. The van der Waals surface area contributed by atoms with Crippen molar-refractivity contribution in [2.24, 2.45) is 0 Å². The second-order valence-corrected chi connectivity index (χ2v) is 8.09. The molecular weight excluding hydrogens is 346 g/mol. The highest BCUT2D eigenvalue weighted by Gasteiger charge is 2.26. The third kappa shape index (κ3) is 3.22. The lowest BCUT2D eigenvalue weighted by atomic mass is 9.87. The summed E-state index contributed by atoms with van der Waals surface area (Å²) in [6.07, 6.45) is 3.80. The van der Waals surface area contributed by atoms with Crippen LogP contribution in [0, 0.1) is 0 Å². The van der Waals surface area contributed by atoms with E-state index in [0.717, 1.165) is 50.9 Å². The van der Waals surface area contributed by atoms with E-state index in [1.165, 1.54) is 38.5 Å². The van der Waals surface area contributed by atoms with Gasteiger partial charge in [-0.2, -0.15) is 0 Å². The van der Waals surface area contributed by atoms with Gasteiger partial charge in [-0.25, -0.2) is 4.79 Å². The van der Waals surface area contributed by atoms with Crippen molar-refractivity contribution in [3.05, 3.63) is 62.3 Å².